The number of sulfone groups is 1. The summed E-state index contributed by atoms with van der Waals surface area (Å²) in [4.78, 5) is 0. The highest BCUT2D eigenvalue weighted by Gasteiger charge is 2.34. The van der Waals surface area contributed by atoms with Crippen molar-refractivity contribution in [1.82, 2.24) is 9.03 Å². The summed E-state index contributed by atoms with van der Waals surface area (Å²) in [6, 6.07) is 0. The van der Waals surface area contributed by atoms with Gasteiger partial charge in [-0.25, -0.2) is 13.1 Å². The molecule has 0 unspecified atom stereocenters. The van der Waals surface area contributed by atoms with Gasteiger partial charge >= 0.3 is 0 Å². The predicted octanol–water partition coefficient (Wildman–Crippen LogP) is 0.376. The van der Waals surface area contributed by atoms with E-state index in [-0.39, 0.29) is 12.3 Å². The van der Waals surface area contributed by atoms with Gasteiger partial charge in [0.05, 0.1) is 11.0 Å². The number of hydrogen-bond acceptors (Lipinski definition) is 4. The summed E-state index contributed by atoms with van der Waals surface area (Å²) in [6.07, 6.45) is 2.22. The van der Waals surface area contributed by atoms with Crippen LogP contribution >= 0.6 is 0 Å². The van der Waals surface area contributed by atoms with Crippen molar-refractivity contribution in [3.63, 3.8) is 0 Å². The highest BCUT2D eigenvalue weighted by Crippen LogP contribution is 2.23. The molecule has 0 aliphatic carbocycles. The van der Waals surface area contributed by atoms with Crippen LogP contribution in [0.2, 0.25) is 0 Å². The summed E-state index contributed by atoms with van der Waals surface area (Å²) in [7, 11) is -6.68. The van der Waals surface area contributed by atoms with Gasteiger partial charge in [0.25, 0.3) is 10.2 Å². The van der Waals surface area contributed by atoms with Crippen molar-refractivity contribution in [2.24, 2.45) is 11.8 Å². The average Bonchev–Trinajstić information content (AvgIpc) is 2.64. The van der Waals surface area contributed by atoms with Gasteiger partial charge in [0.1, 0.15) is 0 Å². The van der Waals surface area contributed by atoms with Crippen molar-refractivity contribution in [2.75, 3.05) is 25.4 Å². The van der Waals surface area contributed by atoms with E-state index < -0.39 is 25.3 Å². The Bertz CT molecular complexity index is 534. The van der Waals surface area contributed by atoms with Crippen LogP contribution < -0.4 is 4.72 Å². The molecule has 118 valence electrons. The Hall–Kier alpha value is -0.180. The van der Waals surface area contributed by atoms with Gasteiger partial charge in [-0.2, -0.15) is 12.7 Å². The largest absolute Gasteiger partial charge is 0.279 e. The normalized spacial score (nSPS) is 35.2. The molecule has 0 amide bonds. The molecule has 1 N–H and O–H groups in total. The van der Waals surface area contributed by atoms with Crippen LogP contribution in [0.3, 0.4) is 0 Å². The van der Waals surface area contributed by atoms with E-state index in [1.807, 2.05) is 13.8 Å². The molecule has 0 bridgehead atoms. The standard InChI is InChI=1S/C12H24N2O4S2/c1-10-6-11(2)9-14(8-10)20(17,18)13-7-12-4-3-5-19(12,15)16/h10-13H,3-9H2,1-2H3/t10-,11-,12+/m1/s1. The van der Waals surface area contributed by atoms with Crippen LogP contribution in [0.5, 0.6) is 0 Å². The van der Waals surface area contributed by atoms with Crippen LogP contribution in [0.1, 0.15) is 33.1 Å². The van der Waals surface area contributed by atoms with Gasteiger partial charge < -0.3 is 0 Å². The molecule has 3 atom stereocenters. The summed E-state index contributed by atoms with van der Waals surface area (Å²) in [5, 5.41) is -0.558. The minimum absolute atomic E-state index is 0.00390. The van der Waals surface area contributed by atoms with Crippen LogP contribution in [0, 0.1) is 11.8 Å². The SMILES string of the molecule is C[C@@H]1C[C@@H](C)CN(S(=O)(=O)NC[C@@H]2CCCS2(=O)=O)C1. The first-order valence-corrected chi connectivity index (χ1v) is 10.3. The molecule has 2 aliphatic rings. The van der Waals surface area contributed by atoms with Crippen LogP contribution in [-0.2, 0) is 20.0 Å². The average molecular weight is 324 g/mol. The van der Waals surface area contributed by atoms with Gasteiger partial charge in [-0.15, -0.1) is 0 Å². The smallest absolute Gasteiger partial charge is 0.229 e. The van der Waals surface area contributed by atoms with Crippen LogP contribution in [0.15, 0.2) is 0 Å². The molecule has 0 aromatic carbocycles. The molecule has 2 rings (SSSR count). The zero-order valence-electron chi connectivity index (χ0n) is 12.1. The summed E-state index contributed by atoms with van der Waals surface area (Å²) >= 11 is 0. The maximum absolute atomic E-state index is 12.3. The van der Waals surface area contributed by atoms with E-state index in [1.54, 1.807) is 0 Å². The lowest BCUT2D eigenvalue weighted by Gasteiger charge is -2.34. The monoisotopic (exact) mass is 324 g/mol. The molecule has 0 spiro atoms. The van der Waals surface area contributed by atoms with E-state index in [4.69, 9.17) is 0 Å². The minimum atomic E-state index is -3.57. The first-order chi connectivity index (χ1) is 9.21. The fourth-order valence-electron chi connectivity index (χ4n) is 3.18. The number of rotatable bonds is 4. The van der Waals surface area contributed by atoms with E-state index >= 15 is 0 Å². The summed E-state index contributed by atoms with van der Waals surface area (Å²) < 4.78 is 51.9. The summed E-state index contributed by atoms with van der Waals surface area (Å²) in [5.41, 5.74) is 0. The third kappa shape index (κ3) is 3.72. The topological polar surface area (TPSA) is 83.6 Å². The van der Waals surface area contributed by atoms with Gasteiger partial charge in [-0.1, -0.05) is 13.8 Å². The fraction of sp³-hybridized carbons (Fsp3) is 1.00. The second-order valence-electron chi connectivity index (χ2n) is 6.25. The number of nitrogens with zero attached hydrogens (tertiary/aromatic N) is 1. The molecule has 0 saturated carbocycles. The molecule has 2 saturated heterocycles. The van der Waals surface area contributed by atoms with E-state index in [2.05, 4.69) is 4.72 Å². The highest BCUT2D eigenvalue weighted by molar-refractivity contribution is 7.92. The maximum atomic E-state index is 12.3. The molecular formula is C12H24N2O4S2. The van der Waals surface area contributed by atoms with E-state index in [1.165, 1.54) is 4.31 Å². The van der Waals surface area contributed by atoms with Gasteiger partial charge in [0.2, 0.25) is 0 Å². The predicted molar refractivity (Wildman–Crippen MR) is 78.2 cm³/mol. The summed E-state index contributed by atoms with van der Waals surface area (Å²) in [6.45, 7) is 5.11. The Morgan fingerprint density at radius 2 is 1.80 bits per heavy atom. The van der Waals surface area contributed by atoms with Gasteiger partial charge in [0, 0.05) is 19.6 Å². The van der Waals surface area contributed by atoms with Crippen molar-refractivity contribution in [3.8, 4) is 0 Å². The van der Waals surface area contributed by atoms with Crippen molar-refractivity contribution in [2.45, 2.75) is 38.4 Å². The second-order valence-corrected chi connectivity index (χ2v) is 10.4. The Kier molecular flexibility index (Phi) is 4.78. The third-order valence-electron chi connectivity index (χ3n) is 4.13. The second kappa shape index (κ2) is 5.90. The zero-order valence-corrected chi connectivity index (χ0v) is 13.7. The highest BCUT2D eigenvalue weighted by atomic mass is 32.2. The molecule has 8 heteroatoms. The van der Waals surface area contributed by atoms with Gasteiger partial charge in [-0.3, -0.25) is 0 Å². The Morgan fingerprint density at radius 1 is 1.20 bits per heavy atom. The minimum Gasteiger partial charge on any atom is -0.229 e. The first kappa shape index (κ1) is 16.2. The first-order valence-electron chi connectivity index (χ1n) is 7.17. The van der Waals surface area contributed by atoms with Crippen LogP contribution in [0.25, 0.3) is 0 Å². The van der Waals surface area contributed by atoms with E-state index in [0.29, 0.717) is 37.8 Å². The van der Waals surface area contributed by atoms with Crippen LogP contribution in [-0.4, -0.2) is 51.8 Å². The molecular weight excluding hydrogens is 300 g/mol. The van der Waals surface area contributed by atoms with Crippen LogP contribution in [0.4, 0.5) is 0 Å². The molecule has 0 aromatic rings. The lowest BCUT2D eigenvalue weighted by Crippen LogP contribution is -2.49. The Labute approximate surface area is 122 Å². The number of hydrogen-bond donors (Lipinski definition) is 1. The zero-order chi connectivity index (χ0) is 15.0. The molecule has 20 heavy (non-hydrogen) atoms. The van der Waals surface area contributed by atoms with E-state index in [9.17, 15) is 16.8 Å². The maximum Gasteiger partial charge on any atom is 0.279 e. The van der Waals surface area contributed by atoms with Gasteiger partial charge in [-0.05, 0) is 31.1 Å². The van der Waals surface area contributed by atoms with Gasteiger partial charge in [0.15, 0.2) is 9.84 Å². The summed E-state index contributed by atoms with van der Waals surface area (Å²) in [5.74, 6) is 0.855. The van der Waals surface area contributed by atoms with Crippen molar-refractivity contribution in [3.05, 3.63) is 0 Å². The fourth-order valence-corrected chi connectivity index (χ4v) is 6.55. The molecule has 6 nitrogen and oxygen atoms in total. The van der Waals surface area contributed by atoms with E-state index in [0.717, 1.165) is 6.42 Å². The quantitative estimate of drug-likeness (QED) is 0.810. The molecule has 0 aromatic heterocycles. The molecule has 0 radical (unpaired) electrons. The number of nitrogens with one attached hydrogen (secondary N) is 1. The molecule has 2 heterocycles. The third-order valence-corrected chi connectivity index (χ3v) is 7.92. The Morgan fingerprint density at radius 3 is 2.30 bits per heavy atom. The van der Waals surface area contributed by atoms with Crippen molar-refractivity contribution in [1.29, 1.82) is 0 Å². The lowest BCUT2D eigenvalue weighted by molar-refractivity contribution is 0.220. The Balaban J connectivity index is 1.97. The molecule has 2 aliphatic heterocycles. The van der Waals surface area contributed by atoms with Crippen molar-refractivity contribution < 1.29 is 16.8 Å². The van der Waals surface area contributed by atoms with Crippen molar-refractivity contribution >= 4 is 20.0 Å². The lowest BCUT2D eigenvalue weighted by atomic mass is 9.94. The number of piperidine rings is 1. The molecule has 2 fully saturated rings.